The molecule has 1 aliphatic rings. The van der Waals surface area contributed by atoms with Gasteiger partial charge in [0.1, 0.15) is 0 Å². The number of benzene rings is 2. The molecule has 1 atom stereocenters. The number of carbonyl (C=O) groups is 1. The number of amides is 1. The van der Waals surface area contributed by atoms with Gasteiger partial charge in [0.2, 0.25) is 0 Å². The zero-order valence-electron chi connectivity index (χ0n) is 18.6. The fourth-order valence-electron chi connectivity index (χ4n) is 4.21. The van der Waals surface area contributed by atoms with Crippen molar-refractivity contribution in [3.63, 3.8) is 0 Å². The Morgan fingerprint density at radius 2 is 2.16 bits per heavy atom. The molecule has 0 aromatic heterocycles. The third-order valence-corrected chi connectivity index (χ3v) is 5.93. The van der Waals surface area contributed by atoms with Gasteiger partial charge in [-0.05, 0) is 65.8 Å². The summed E-state index contributed by atoms with van der Waals surface area (Å²) >= 11 is 0. The summed E-state index contributed by atoms with van der Waals surface area (Å²) in [6.07, 6.45) is 6.39. The Bertz CT molecular complexity index is 1010. The number of fused-ring (bicyclic) bond motifs is 1. The minimum atomic E-state index is -0.522. The van der Waals surface area contributed by atoms with E-state index in [1.54, 1.807) is 6.20 Å². The number of primary amides is 1. The summed E-state index contributed by atoms with van der Waals surface area (Å²) in [6.45, 7) is 8.37. The van der Waals surface area contributed by atoms with Gasteiger partial charge in [0.25, 0.3) is 5.91 Å². The molecule has 164 valence electrons. The van der Waals surface area contributed by atoms with Gasteiger partial charge in [-0.2, -0.15) is 0 Å². The molecule has 0 fully saturated rings. The van der Waals surface area contributed by atoms with Crippen LogP contribution in [0.5, 0.6) is 0 Å². The summed E-state index contributed by atoms with van der Waals surface area (Å²) in [4.78, 5) is 19.0. The van der Waals surface area contributed by atoms with Crippen LogP contribution < -0.4 is 16.0 Å². The first-order valence-electron chi connectivity index (χ1n) is 10.8. The summed E-state index contributed by atoms with van der Waals surface area (Å²) in [5.41, 5.74) is 12.8. The number of likely N-dealkylation sites (N-methyl/N-ethyl adjacent to an activating group) is 1. The lowest BCUT2D eigenvalue weighted by atomic mass is 9.88. The molecule has 0 radical (unpaired) electrons. The number of hydrogen-bond acceptors (Lipinski definition) is 5. The molecule has 2 aromatic rings. The van der Waals surface area contributed by atoms with E-state index in [1.165, 1.54) is 5.56 Å². The van der Waals surface area contributed by atoms with Crippen LogP contribution in [0.2, 0.25) is 0 Å². The van der Waals surface area contributed by atoms with Gasteiger partial charge >= 0.3 is 0 Å². The first kappa shape index (κ1) is 22.6. The fourth-order valence-corrected chi connectivity index (χ4v) is 4.21. The third kappa shape index (κ3) is 4.49. The molecule has 3 rings (SSSR count). The smallest absolute Gasteiger partial charge is 0.252 e. The van der Waals surface area contributed by atoms with Crippen molar-refractivity contribution < 1.29 is 9.90 Å². The Labute approximate surface area is 184 Å². The Hall–Kier alpha value is -3.12. The molecule has 0 aliphatic carbocycles. The number of nitrogens with zero attached hydrogens (tertiary/aromatic N) is 2. The van der Waals surface area contributed by atoms with Crippen LogP contribution in [-0.4, -0.2) is 37.4 Å². The van der Waals surface area contributed by atoms with E-state index in [-0.39, 0.29) is 6.61 Å². The maximum atomic E-state index is 12.4. The molecule has 1 heterocycles. The monoisotopic (exact) mass is 420 g/mol. The number of nitrogens with one attached hydrogen (secondary N) is 1. The van der Waals surface area contributed by atoms with E-state index in [4.69, 9.17) is 10.7 Å². The third-order valence-electron chi connectivity index (χ3n) is 5.93. The highest BCUT2D eigenvalue weighted by atomic mass is 16.3. The van der Waals surface area contributed by atoms with E-state index < -0.39 is 5.91 Å². The van der Waals surface area contributed by atoms with Gasteiger partial charge in [0.05, 0.1) is 29.2 Å². The topological polar surface area (TPSA) is 90.9 Å². The van der Waals surface area contributed by atoms with Gasteiger partial charge in [0.15, 0.2) is 0 Å². The second-order valence-corrected chi connectivity index (χ2v) is 7.88. The molecule has 31 heavy (non-hydrogen) atoms. The molecule has 4 N–H and O–H groups in total. The average Bonchev–Trinajstić information content (AvgIpc) is 2.77. The molecule has 1 aliphatic heterocycles. The molecule has 0 spiro atoms. The minimum Gasteiger partial charge on any atom is -0.395 e. The quantitative estimate of drug-likeness (QED) is 0.565. The van der Waals surface area contributed by atoms with E-state index in [9.17, 15) is 9.90 Å². The van der Waals surface area contributed by atoms with Crippen molar-refractivity contribution in [3.05, 3.63) is 53.7 Å². The maximum absolute atomic E-state index is 12.4. The summed E-state index contributed by atoms with van der Waals surface area (Å²) in [5.74, 6) is -0.0347. The standard InChI is InChI=1S/C25H32N4O2/c1-5-16-12-18-9-8-17(13-21(18)28-15-16)20-14-22(29(4)10-11-30)23(25(26)31)24(27-7-3)19(20)6-2/h7-9,13-16,27,30H,3,5-6,10-12H2,1-2,4H3,(H2,26,31). The Balaban J connectivity index is 2.24. The summed E-state index contributed by atoms with van der Waals surface area (Å²) in [6, 6.07) is 8.39. The number of nitrogens with two attached hydrogens (primary N) is 1. The second-order valence-electron chi connectivity index (χ2n) is 7.88. The van der Waals surface area contributed by atoms with Gasteiger partial charge < -0.3 is 21.1 Å². The molecule has 1 unspecified atom stereocenters. The zero-order valence-corrected chi connectivity index (χ0v) is 18.6. The van der Waals surface area contributed by atoms with Crippen LogP contribution in [-0.2, 0) is 12.8 Å². The van der Waals surface area contributed by atoms with Crippen molar-refractivity contribution in [3.8, 4) is 11.1 Å². The van der Waals surface area contributed by atoms with Crippen LogP contribution in [0.15, 0.2) is 42.0 Å². The van der Waals surface area contributed by atoms with Gasteiger partial charge in [0, 0.05) is 19.8 Å². The maximum Gasteiger partial charge on any atom is 0.252 e. The summed E-state index contributed by atoms with van der Waals surface area (Å²) < 4.78 is 0. The molecular weight excluding hydrogens is 388 g/mol. The van der Waals surface area contributed by atoms with Gasteiger partial charge in [-0.1, -0.05) is 32.6 Å². The zero-order chi connectivity index (χ0) is 22.5. The van der Waals surface area contributed by atoms with E-state index in [0.29, 0.717) is 35.8 Å². The molecule has 0 saturated carbocycles. The number of aliphatic imine (C=N–C) groups is 1. The highest BCUT2D eigenvalue weighted by molar-refractivity contribution is 6.07. The van der Waals surface area contributed by atoms with Crippen molar-refractivity contribution in [2.45, 2.75) is 33.1 Å². The number of hydrogen-bond donors (Lipinski definition) is 3. The Kier molecular flexibility index (Phi) is 7.13. The van der Waals surface area contributed by atoms with Crippen molar-refractivity contribution in [1.29, 1.82) is 0 Å². The largest absolute Gasteiger partial charge is 0.395 e. The molecule has 1 amide bonds. The minimum absolute atomic E-state index is 0.0318. The number of rotatable bonds is 9. The fraction of sp³-hybridized carbons (Fsp3) is 0.360. The van der Waals surface area contributed by atoms with Crippen LogP contribution >= 0.6 is 0 Å². The van der Waals surface area contributed by atoms with E-state index in [0.717, 1.165) is 35.2 Å². The van der Waals surface area contributed by atoms with Crippen molar-refractivity contribution in [1.82, 2.24) is 0 Å². The van der Waals surface area contributed by atoms with Gasteiger partial charge in [-0.3, -0.25) is 9.79 Å². The van der Waals surface area contributed by atoms with Crippen LogP contribution in [0.25, 0.3) is 11.1 Å². The van der Waals surface area contributed by atoms with Crippen LogP contribution in [0.1, 0.15) is 41.8 Å². The number of anilines is 2. The van der Waals surface area contributed by atoms with E-state index in [2.05, 4.69) is 43.9 Å². The predicted octanol–water partition coefficient (Wildman–Crippen LogP) is 4.28. The molecule has 6 heteroatoms. The van der Waals surface area contributed by atoms with Gasteiger partial charge in [-0.25, -0.2) is 0 Å². The SMILES string of the molecule is C=CNc1c(CC)c(-c2ccc3c(c2)N=CC(CC)C3)cc(N(C)CCO)c1C(N)=O. The lowest BCUT2D eigenvalue weighted by molar-refractivity contribution is 0.100. The first-order chi connectivity index (χ1) is 14.9. The van der Waals surface area contributed by atoms with Crippen LogP contribution in [0.3, 0.4) is 0 Å². The lowest BCUT2D eigenvalue weighted by Crippen LogP contribution is -2.26. The summed E-state index contributed by atoms with van der Waals surface area (Å²) in [5, 5.41) is 12.6. The van der Waals surface area contributed by atoms with Crippen molar-refractivity contribution in [2.75, 3.05) is 30.4 Å². The number of carbonyl (C=O) groups excluding carboxylic acids is 1. The predicted molar refractivity (Wildman–Crippen MR) is 130 cm³/mol. The Morgan fingerprint density at radius 1 is 1.39 bits per heavy atom. The van der Waals surface area contributed by atoms with Crippen molar-refractivity contribution >= 4 is 29.2 Å². The first-order valence-corrected chi connectivity index (χ1v) is 10.8. The van der Waals surface area contributed by atoms with E-state index >= 15 is 0 Å². The number of aliphatic hydroxyl groups excluding tert-OH is 1. The van der Waals surface area contributed by atoms with E-state index in [1.807, 2.05) is 24.2 Å². The van der Waals surface area contributed by atoms with Crippen LogP contribution in [0, 0.1) is 5.92 Å². The molecule has 6 nitrogen and oxygen atoms in total. The van der Waals surface area contributed by atoms with Crippen molar-refractivity contribution in [2.24, 2.45) is 16.6 Å². The normalized spacial score (nSPS) is 14.8. The Morgan fingerprint density at radius 3 is 2.77 bits per heavy atom. The molecular formula is C25H32N4O2. The van der Waals surface area contributed by atoms with Crippen LogP contribution in [0.4, 0.5) is 17.1 Å². The highest BCUT2D eigenvalue weighted by Gasteiger charge is 2.24. The van der Waals surface area contributed by atoms with Gasteiger partial charge in [-0.15, -0.1) is 0 Å². The average molecular weight is 421 g/mol. The number of aliphatic hydroxyl groups is 1. The highest BCUT2D eigenvalue weighted by Crippen LogP contribution is 2.41. The summed E-state index contributed by atoms with van der Waals surface area (Å²) in [7, 11) is 1.84. The molecule has 0 saturated heterocycles. The second kappa shape index (κ2) is 9.79. The molecule has 2 aromatic carbocycles. The lowest BCUT2D eigenvalue weighted by Gasteiger charge is -2.26. The molecule has 0 bridgehead atoms.